The fourth-order valence-corrected chi connectivity index (χ4v) is 4.66. The largest absolute Gasteiger partial charge is 0.457 e. The van der Waals surface area contributed by atoms with E-state index in [1.54, 1.807) is 0 Å². The van der Waals surface area contributed by atoms with Gasteiger partial charge in [-0.2, -0.15) is 0 Å². The summed E-state index contributed by atoms with van der Waals surface area (Å²) in [7, 11) is 0. The topological polar surface area (TPSA) is 79.3 Å². The maximum absolute atomic E-state index is 12.4. The summed E-state index contributed by atoms with van der Waals surface area (Å²) >= 11 is 0. The average Bonchev–Trinajstić information content (AvgIpc) is 3.52. The van der Waals surface area contributed by atoms with Crippen LogP contribution in [-0.2, 0) is 14.3 Å². The summed E-state index contributed by atoms with van der Waals surface area (Å²) in [6.07, 6.45) is 13.9. The zero-order valence-corrected chi connectivity index (χ0v) is 21.4. The SMILES string of the molecule is CC[C@H](O)[C@@H](C)[C@H]1O[C@@H]1C[C@H](C)/C=C/C=C(\C)[C@H]1OC(=O)C[C@H](O)CC[C@H](C)C/C=C/[C@@H]1C. The molecule has 2 aliphatic heterocycles. The third kappa shape index (κ3) is 9.38. The van der Waals surface area contributed by atoms with Crippen LogP contribution in [0.25, 0.3) is 0 Å². The van der Waals surface area contributed by atoms with Crippen molar-refractivity contribution in [2.24, 2.45) is 23.7 Å². The van der Waals surface area contributed by atoms with Gasteiger partial charge in [0.2, 0.25) is 0 Å². The van der Waals surface area contributed by atoms with Crippen molar-refractivity contribution in [2.75, 3.05) is 0 Å². The molecule has 0 aromatic carbocycles. The van der Waals surface area contributed by atoms with E-state index in [2.05, 4.69) is 45.9 Å². The highest BCUT2D eigenvalue weighted by molar-refractivity contribution is 5.70. The van der Waals surface area contributed by atoms with Crippen molar-refractivity contribution in [3.8, 4) is 0 Å². The first-order chi connectivity index (χ1) is 15.6. The van der Waals surface area contributed by atoms with Crippen LogP contribution in [0.2, 0.25) is 0 Å². The molecule has 0 aliphatic carbocycles. The Morgan fingerprint density at radius 1 is 1.27 bits per heavy atom. The highest BCUT2D eigenvalue weighted by Crippen LogP contribution is 2.36. The van der Waals surface area contributed by atoms with Crippen LogP contribution >= 0.6 is 0 Å². The number of hydrogen-bond donors (Lipinski definition) is 2. The Hall–Kier alpha value is -1.43. The molecule has 2 heterocycles. The molecule has 5 heteroatoms. The molecule has 0 aromatic rings. The lowest BCUT2D eigenvalue weighted by Gasteiger charge is -2.24. The van der Waals surface area contributed by atoms with Crippen LogP contribution in [0.5, 0.6) is 0 Å². The lowest BCUT2D eigenvalue weighted by atomic mass is 9.93. The Labute approximate surface area is 200 Å². The molecular weight excluding hydrogens is 416 g/mol. The zero-order chi connectivity index (χ0) is 24.5. The molecule has 0 spiro atoms. The third-order valence-corrected chi connectivity index (χ3v) is 7.13. The van der Waals surface area contributed by atoms with Gasteiger partial charge in [-0.15, -0.1) is 0 Å². The van der Waals surface area contributed by atoms with Gasteiger partial charge in [-0.25, -0.2) is 0 Å². The van der Waals surface area contributed by atoms with E-state index in [1.165, 1.54) is 0 Å². The monoisotopic (exact) mass is 462 g/mol. The molecule has 0 aromatic heterocycles. The van der Waals surface area contributed by atoms with Crippen LogP contribution in [0.3, 0.4) is 0 Å². The normalized spacial score (nSPS) is 35.8. The van der Waals surface area contributed by atoms with E-state index in [0.29, 0.717) is 18.3 Å². The van der Waals surface area contributed by atoms with Crippen LogP contribution in [-0.4, -0.2) is 46.7 Å². The molecule has 5 nitrogen and oxygen atoms in total. The van der Waals surface area contributed by atoms with E-state index >= 15 is 0 Å². The number of ether oxygens (including phenoxy) is 2. The second kappa shape index (κ2) is 13.5. The Morgan fingerprint density at radius 3 is 2.70 bits per heavy atom. The van der Waals surface area contributed by atoms with Gasteiger partial charge < -0.3 is 19.7 Å². The van der Waals surface area contributed by atoms with Gasteiger partial charge in [-0.05, 0) is 56.4 Å². The number of allylic oxidation sites excluding steroid dienone is 4. The Kier molecular flexibility index (Phi) is 11.3. The summed E-state index contributed by atoms with van der Waals surface area (Å²) in [5.41, 5.74) is 0.990. The number of carbonyl (C=O) groups excluding carboxylic acids is 1. The van der Waals surface area contributed by atoms with Gasteiger partial charge in [0.25, 0.3) is 0 Å². The lowest BCUT2D eigenvalue weighted by molar-refractivity contribution is -0.151. The summed E-state index contributed by atoms with van der Waals surface area (Å²) in [5.74, 6) is 0.729. The average molecular weight is 463 g/mol. The maximum Gasteiger partial charge on any atom is 0.309 e. The molecule has 1 fully saturated rings. The molecule has 0 unspecified atom stereocenters. The fraction of sp³-hybridized carbons (Fsp3) is 0.750. The van der Waals surface area contributed by atoms with Crippen LogP contribution in [0.1, 0.15) is 80.1 Å². The van der Waals surface area contributed by atoms with Crippen molar-refractivity contribution in [1.82, 2.24) is 0 Å². The lowest BCUT2D eigenvalue weighted by Crippen LogP contribution is -2.28. The number of aliphatic hydroxyl groups is 2. The second-order valence-electron chi connectivity index (χ2n) is 10.5. The van der Waals surface area contributed by atoms with Gasteiger partial charge in [0, 0.05) is 11.8 Å². The molecule has 33 heavy (non-hydrogen) atoms. The van der Waals surface area contributed by atoms with Gasteiger partial charge in [0.1, 0.15) is 6.10 Å². The summed E-state index contributed by atoms with van der Waals surface area (Å²) in [5, 5.41) is 20.2. The number of epoxide rings is 1. The molecule has 0 saturated carbocycles. The first kappa shape index (κ1) is 27.8. The number of rotatable bonds is 8. The third-order valence-electron chi connectivity index (χ3n) is 7.13. The van der Waals surface area contributed by atoms with Gasteiger partial charge in [0.15, 0.2) is 0 Å². The predicted molar refractivity (Wildman–Crippen MR) is 133 cm³/mol. The van der Waals surface area contributed by atoms with Gasteiger partial charge in [-0.3, -0.25) is 4.79 Å². The van der Waals surface area contributed by atoms with E-state index < -0.39 is 6.10 Å². The van der Waals surface area contributed by atoms with E-state index in [0.717, 1.165) is 31.3 Å². The van der Waals surface area contributed by atoms with Crippen LogP contribution in [0.4, 0.5) is 0 Å². The predicted octanol–water partition coefficient (Wildman–Crippen LogP) is 5.36. The number of hydrogen-bond acceptors (Lipinski definition) is 5. The fourth-order valence-electron chi connectivity index (χ4n) is 4.66. The smallest absolute Gasteiger partial charge is 0.309 e. The van der Waals surface area contributed by atoms with E-state index in [1.807, 2.05) is 26.0 Å². The Morgan fingerprint density at radius 2 is 2.00 bits per heavy atom. The van der Waals surface area contributed by atoms with Crippen LogP contribution in [0, 0.1) is 23.7 Å². The van der Waals surface area contributed by atoms with E-state index in [9.17, 15) is 15.0 Å². The van der Waals surface area contributed by atoms with Crippen molar-refractivity contribution >= 4 is 5.97 Å². The molecule has 188 valence electrons. The summed E-state index contributed by atoms with van der Waals surface area (Å²) < 4.78 is 11.6. The summed E-state index contributed by atoms with van der Waals surface area (Å²) in [6, 6.07) is 0. The second-order valence-corrected chi connectivity index (χ2v) is 10.5. The molecule has 1 saturated heterocycles. The molecular formula is C28H46O5. The van der Waals surface area contributed by atoms with Crippen molar-refractivity contribution in [2.45, 2.75) is 111 Å². The molecule has 2 rings (SSSR count). The minimum Gasteiger partial charge on any atom is -0.457 e. The van der Waals surface area contributed by atoms with Gasteiger partial charge >= 0.3 is 5.97 Å². The quantitative estimate of drug-likeness (QED) is 0.220. The number of cyclic esters (lactones) is 1. The molecule has 2 N–H and O–H groups in total. The molecule has 0 bridgehead atoms. The summed E-state index contributed by atoms with van der Waals surface area (Å²) in [6.45, 7) is 12.5. The molecule has 2 aliphatic rings. The first-order valence-electron chi connectivity index (χ1n) is 12.8. The molecule has 9 atom stereocenters. The highest BCUT2D eigenvalue weighted by Gasteiger charge is 2.44. The van der Waals surface area contributed by atoms with Crippen LogP contribution in [0.15, 0.2) is 36.0 Å². The molecule has 0 radical (unpaired) electrons. The van der Waals surface area contributed by atoms with Gasteiger partial charge in [-0.1, -0.05) is 65.0 Å². The van der Waals surface area contributed by atoms with Gasteiger partial charge in [0.05, 0.1) is 30.8 Å². The number of aliphatic hydroxyl groups excluding tert-OH is 2. The van der Waals surface area contributed by atoms with Crippen molar-refractivity contribution in [3.63, 3.8) is 0 Å². The zero-order valence-electron chi connectivity index (χ0n) is 21.4. The van der Waals surface area contributed by atoms with Crippen molar-refractivity contribution < 1.29 is 24.5 Å². The van der Waals surface area contributed by atoms with Crippen LogP contribution < -0.4 is 0 Å². The number of esters is 1. The van der Waals surface area contributed by atoms with Crippen molar-refractivity contribution in [1.29, 1.82) is 0 Å². The minimum atomic E-state index is -0.640. The highest BCUT2D eigenvalue weighted by atomic mass is 16.6. The van der Waals surface area contributed by atoms with Crippen molar-refractivity contribution in [3.05, 3.63) is 36.0 Å². The summed E-state index contributed by atoms with van der Waals surface area (Å²) in [4.78, 5) is 12.4. The molecule has 0 amide bonds. The Balaban J connectivity index is 1.96. The number of carbonyl (C=O) groups is 1. The standard InChI is InChI=1S/C28H46O5/c1-7-24(30)22(6)28-25(32-28)16-19(3)11-9-13-21(5)27-20(4)12-8-10-18(2)14-15-23(29)17-26(31)33-27/h8-9,11-13,18-20,22-25,27-30H,7,10,14-17H2,1-6H3/b11-9+,12-8+,21-13+/t18-,19-,20+,22-,23-,24+,25-,27+,28-/m1/s1. The first-order valence-corrected chi connectivity index (χ1v) is 12.8. The van der Waals surface area contributed by atoms with E-state index in [4.69, 9.17) is 9.47 Å². The maximum atomic E-state index is 12.4. The Bertz CT molecular complexity index is 696. The minimum absolute atomic E-state index is 0.0491. The van der Waals surface area contributed by atoms with E-state index in [-0.39, 0.29) is 48.6 Å².